The first-order chi connectivity index (χ1) is 10.0. The van der Waals surface area contributed by atoms with Gasteiger partial charge in [0.25, 0.3) is 0 Å². The van der Waals surface area contributed by atoms with E-state index in [2.05, 4.69) is 24.4 Å². The number of anilines is 1. The summed E-state index contributed by atoms with van der Waals surface area (Å²) >= 11 is 1.70. The van der Waals surface area contributed by atoms with Gasteiger partial charge in [0, 0.05) is 15.4 Å². The number of nitrogens with one attached hydrogen (secondary N) is 1. The van der Waals surface area contributed by atoms with Gasteiger partial charge in [0.2, 0.25) is 5.91 Å². The van der Waals surface area contributed by atoms with Crippen molar-refractivity contribution in [2.24, 2.45) is 0 Å². The maximum absolute atomic E-state index is 11.9. The predicted octanol–water partition coefficient (Wildman–Crippen LogP) is 3.29. The van der Waals surface area contributed by atoms with Gasteiger partial charge in [0.05, 0.1) is 19.1 Å². The molecule has 0 radical (unpaired) electrons. The fourth-order valence-electron chi connectivity index (χ4n) is 1.90. The lowest BCUT2D eigenvalue weighted by atomic mass is 10.2. The number of aryl methyl sites for hydroxylation is 1. The molecule has 0 aliphatic carbocycles. The summed E-state index contributed by atoms with van der Waals surface area (Å²) in [6.07, 6.45) is 0.332. The van der Waals surface area contributed by atoms with Crippen LogP contribution in [-0.2, 0) is 4.79 Å². The molecule has 1 aromatic heterocycles. The van der Waals surface area contributed by atoms with E-state index in [0.717, 1.165) is 5.75 Å². The molecule has 0 aliphatic rings. The van der Waals surface area contributed by atoms with Crippen LogP contribution >= 0.6 is 11.3 Å². The number of benzene rings is 1. The Morgan fingerprint density at radius 1 is 1.29 bits per heavy atom. The first-order valence-corrected chi connectivity index (χ1v) is 7.70. The number of nitrogens with two attached hydrogens (primary N) is 1. The molecular weight excluding hydrogens is 284 g/mol. The molecule has 0 saturated heterocycles. The highest BCUT2D eigenvalue weighted by molar-refractivity contribution is 7.12. The van der Waals surface area contributed by atoms with Gasteiger partial charge in [-0.3, -0.25) is 4.79 Å². The number of rotatable bonds is 6. The second-order valence-electron chi connectivity index (χ2n) is 4.91. The van der Waals surface area contributed by atoms with E-state index in [0.29, 0.717) is 18.7 Å². The number of hydrogen-bond donors (Lipinski definition) is 2. The van der Waals surface area contributed by atoms with Gasteiger partial charge < -0.3 is 15.8 Å². The lowest BCUT2D eigenvalue weighted by Gasteiger charge is -2.12. The molecule has 1 amide bonds. The Labute approximate surface area is 128 Å². The fraction of sp³-hybridized carbons (Fsp3) is 0.312. The van der Waals surface area contributed by atoms with E-state index >= 15 is 0 Å². The normalized spacial score (nSPS) is 11.9. The van der Waals surface area contributed by atoms with Crippen molar-refractivity contribution in [1.82, 2.24) is 5.32 Å². The average Bonchev–Trinajstić information content (AvgIpc) is 2.88. The van der Waals surface area contributed by atoms with Gasteiger partial charge in [-0.2, -0.15) is 0 Å². The zero-order valence-corrected chi connectivity index (χ0v) is 13.1. The zero-order valence-electron chi connectivity index (χ0n) is 12.3. The molecule has 1 unspecified atom stereocenters. The maximum Gasteiger partial charge on any atom is 0.223 e. The SMILES string of the molecule is Cc1ccc(C(C)NC(=O)CCOc2ccc(N)cc2)s1. The molecule has 5 heteroatoms. The quantitative estimate of drug-likeness (QED) is 0.805. The Morgan fingerprint density at radius 3 is 2.62 bits per heavy atom. The number of carbonyl (C=O) groups excluding carboxylic acids is 1. The van der Waals surface area contributed by atoms with Crippen molar-refractivity contribution in [3.63, 3.8) is 0 Å². The maximum atomic E-state index is 11.9. The van der Waals surface area contributed by atoms with Gasteiger partial charge in [0.15, 0.2) is 0 Å². The van der Waals surface area contributed by atoms with Gasteiger partial charge in [0.1, 0.15) is 5.75 Å². The van der Waals surface area contributed by atoms with E-state index < -0.39 is 0 Å². The molecule has 21 heavy (non-hydrogen) atoms. The molecule has 0 aliphatic heterocycles. The van der Waals surface area contributed by atoms with E-state index in [-0.39, 0.29) is 11.9 Å². The molecule has 0 fully saturated rings. The molecule has 4 nitrogen and oxygen atoms in total. The summed E-state index contributed by atoms with van der Waals surface area (Å²) in [5.74, 6) is 0.711. The second-order valence-corrected chi connectivity index (χ2v) is 6.22. The van der Waals surface area contributed by atoms with Gasteiger partial charge in [-0.25, -0.2) is 0 Å². The Morgan fingerprint density at radius 2 is 2.00 bits per heavy atom. The second kappa shape index (κ2) is 7.13. The van der Waals surface area contributed by atoms with Crippen LogP contribution in [0.4, 0.5) is 5.69 Å². The fourth-order valence-corrected chi connectivity index (χ4v) is 2.78. The molecule has 2 aromatic rings. The number of nitrogen functional groups attached to an aromatic ring is 1. The van der Waals surface area contributed by atoms with Crippen molar-refractivity contribution in [1.29, 1.82) is 0 Å². The third-order valence-corrected chi connectivity index (χ3v) is 4.23. The third-order valence-electron chi connectivity index (χ3n) is 3.04. The van der Waals surface area contributed by atoms with Gasteiger partial charge in [-0.1, -0.05) is 0 Å². The monoisotopic (exact) mass is 304 g/mol. The summed E-state index contributed by atoms with van der Waals surface area (Å²) in [5.41, 5.74) is 6.29. The largest absolute Gasteiger partial charge is 0.493 e. The molecule has 1 heterocycles. The van der Waals surface area contributed by atoms with Crippen molar-refractivity contribution in [3.05, 3.63) is 46.2 Å². The van der Waals surface area contributed by atoms with Crippen LogP contribution in [0, 0.1) is 6.92 Å². The van der Waals surface area contributed by atoms with Crippen molar-refractivity contribution in [2.45, 2.75) is 26.3 Å². The van der Waals surface area contributed by atoms with E-state index in [1.165, 1.54) is 9.75 Å². The van der Waals surface area contributed by atoms with Crippen LogP contribution in [0.5, 0.6) is 5.75 Å². The van der Waals surface area contributed by atoms with Gasteiger partial charge >= 0.3 is 0 Å². The highest BCUT2D eigenvalue weighted by atomic mass is 32.1. The molecule has 3 N–H and O–H groups in total. The molecule has 112 valence electrons. The van der Waals surface area contributed by atoms with E-state index in [1.54, 1.807) is 35.6 Å². The van der Waals surface area contributed by atoms with Crippen LogP contribution in [-0.4, -0.2) is 12.5 Å². The summed E-state index contributed by atoms with van der Waals surface area (Å²) < 4.78 is 5.51. The lowest BCUT2D eigenvalue weighted by Crippen LogP contribution is -2.27. The van der Waals surface area contributed by atoms with Crippen LogP contribution in [0.15, 0.2) is 36.4 Å². The van der Waals surface area contributed by atoms with Crippen molar-refractivity contribution < 1.29 is 9.53 Å². The zero-order chi connectivity index (χ0) is 15.2. The number of hydrogen-bond acceptors (Lipinski definition) is 4. The minimum atomic E-state index is -0.0102. The van der Waals surface area contributed by atoms with Crippen LogP contribution in [0.1, 0.15) is 29.1 Å². The van der Waals surface area contributed by atoms with Gasteiger partial charge in [-0.05, 0) is 50.2 Å². The third kappa shape index (κ3) is 4.79. The Kier molecular flexibility index (Phi) is 5.22. The number of thiophene rings is 1. The first-order valence-electron chi connectivity index (χ1n) is 6.88. The topological polar surface area (TPSA) is 64.3 Å². The van der Waals surface area contributed by atoms with E-state index in [4.69, 9.17) is 10.5 Å². The predicted molar refractivity (Wildman–Crippen MR) is 86.6 cm³/mol. The number of ether oxygens (including phenoxy) is 1. The summed E-state index contributed by atoms with van der Waals surface area (Å²) in [7, 11) is 0. The standard InChI is InChI=1S/C16H20N2O2S/c1-11-3-8-15(21-11)12(2)18-16(19)9-10-20-14-6-4-13(17)5-7-14/h3-8,12H,9-10,17H2,1-2H3,(H,18,19). The molecule has 2 rings (SSSR count). The minimum absolute atomic E-state index is 0.0102. The van der Waals surface area contributed by atoms with E-state index in [1.807, 2.05) is 6.92 Å². The lowest BCUT2D eigenvalue weighted by molar-refractivity contribution is -0.122. The smallest absolute Gasteiger partial charge is 0.223 e. The first kappa shape index (κ1) is 15.4. The number of carbonyl (C=O) groups is 1. The van der Waals surface area contributed by atoms with Crippen LogP contribution < -0.4 is 15.8 Å². The Balaban J connectivity index is 1.73. The molecule has 1 atom stereocenters. The summed E-state index contributed by atoms with van der Waals surface area (Å²) in [6.45, 7) is 4.40. The number of amides is 1. The summed E-state index contributed by atoms with van der Waals surface area (Å²) in [4.78, 5) is 14.3. The van der Waals surface area contributed by atoms with Crippen molar-refractivity contribution in [3.8, 4) is 5.75 Å². The molecule has 1 aromatic carbocycles. The van der Waals surface area contributed by atoms with Crippen molar-refractivity contribution in [2.75, 3.05) is 12.3 Å². The minimum Gasteiger partial charge on any atom is -0.493 e. The van der Waals surface area contributed by atoms with Gasteiger partial charge in [-0.15, -0.1) is 11.3 Å². The molecular formula is C16H20N2O2S. The molecule has 0 bridgehead atoms. The molecule has 0 saturated carbocycles. The molecule has 0 spiro atoms. The summed E-state index contributed by atoms with van der Waals surface area (Å²) in [5, 5.41) is 2.98. The van der Waals surface area contributed by atoms with Crippen LogP contribution in [0.3, 0.4) is 0 Å². The average molecular weight is 304 g/mol. The highest BCUT2D eigenvalue weighted by Crippen LogP contribution is 2.22. The Hall–Kier alpha value is -2.01. The van der Waals surface area contributed by atoms with Crippen LogP contribution in [0.25, 0.3) is 0 Å². The van der Waals surface area contributed by atoms with Crippen LogP contribution in [0.2, 0.25) is 0 Å². The van der Waals surface area contributed by atoms with Crippen molar-refractivity contribution >= 4 is 22.9 Å². The highest BCUT2D eigenvalue weighted by Gasteiger charge is 2.11. The van der Waals surface area contributed by atoms with E-state index in [9.17, 15) is 4.79 Å². The summed E-state index contributed by atoms with van der Waals surface area (Å²) in [6, 6.07) is 11.3. The Bertz CT molecular complexity index is 593.